The predicted octanol–water partition coefficient (Wildman–Crippen LogP) is 4.45. The molecule has 164 valence electrons. The predicted molar refractivity (Wildman–Crippen MR) is 119 cm³/mol. The van der Waals surface area contributed by atoms with Crippen LogP contribution in [0.5, 0.6) is 0 Å². The number of carbonyl (C=O) groups excluding carboxylic acids is 1. The van der Waals surface area contributed by atoms with Gasteiger partial charge in [0, 0.05) is 30.1 Å². The SMILES string of the molecule is Cc1cc2oc(N3CCC(C(=O)N[C@@H]4CCC[C@@H](C(C)(C)O)C4)CC3)nc2cc1Cl. The number of carbonyl (C=O) groups is 1. The van der Waals surface area contributed by atoms with Crippen molar-refractivity contribution in [2.45, 2.75) is 70.9 Å². The van der Waals surface area contributed by atoms with Gasteiger partial charge >= 0.3 is 0 Å². The fourth-order valence-electron chi connectivity index (χ4n) is 4.79. The van der Waals surface area contributed by atoms with Gasteiger partial charge in [-0.25, -0.2) is 0 Å². The molecular weight excluding hydrogens is 402 g/mol. The third kappa shape index (κ3) is 4.59. The number of piperidine rings is 1. The van der Waals surface area contributed by atoms with Crippen LogP contribution >= 0.6 is 11.6 Å². The van der Waals surface area contributed by atoms with Crippen LogP contribution in [0.3, 0.4) is 0 Å². The molecule has 0 unspecified atom stereocenters. The largest absolute Gasteiger partial charge is 0.423 e. The summed E-state index contributed by atoms with van der Waals surface area (Å²) >= 11 is 6.20. The van der Waals surface area contributed by atoms with Gasteiger partial charge in [-0.1, -0.05) is 18.0 Å². The van der Waals surface area contributed by atoms with Crippen molar-refractivity contribution in [1.82, 2.24) is 10.3 Å². The number of aromatic nitrogens is 1. The summed E-state index contributed by atoms with van der Waals surface area (Å²) in [5.41, 5.74) is 1.79. The summed E-state index contributed by atoms with van der Waals surface area (Å²) in [5, 5.41) is 14.3. The number of aryl methyl sites for hydroxylation is 1. The van der Waals surface area contributed by atoms with Crippen LogP contribution in [0.1, 0.15) is 57.9 Å². The number of amides is 1. The molecule has 1 amide bonds. The lowest BCUT2D eigenvalue weighted by Crippen LogP contribution is -2.47. The molecule has 6 nitrogen and oxygen atoms in total. The maximum Gasteiger partial charge on any atom is 0.298 e. The molecule has 1 aliphatic heterocycles. The molecule has 2 N–H and O–H groups in total. The summed E-state index contributed by atoms with van der Waals surface area (Å²) in [6.07, 6.45) is 5.52. The summed E-state index contributed by atoms with van der Waals surface area (Å²) in [7, 11) is 0. The van der Waals surface area contributed by atoms with E-state index in [-0.39, 0.29) is 23.8 Å². The van der Waals surface area contributed by atoms with Crippen LogP contribution in [-0.4, -0.2) is 40.7 Å². The third-order valence-electron chi connectivity index (χ3n) is 6.81. The van der Waals surface area contributed by atoms with Crippen molar-refractivity contribution in [2.24, 2.45) is 11.8 Å². The Kier molecular flexibility index (Phi) is 5.99. The summed E-state index contributed by atoms with van der Waals surface area (Å²) in [5.74, 6) is 0.413. The van der Waals surface area contributed by atoms with E-state index in [1.54, 1.807) is 0 Å². The smallest absolute Gasteiger partial charge is 0.298 e. The van der Waals surface area contributed by atoms with Crippen LogP contribution in [-0.2, 0) is 4.79 Å². The molecule has 2 atom stereocenters. The van der Waals surface area contributed by atoms with Crippen molar-refractivity contribution in [2.75, 3.05) is 18.0 Å². The zero-order valence-corrected chi connectivity index (χ0v) is 18.8. The summed E-state index contributed by atoms with van der Waals surface area (Å²) in [4.78, 5) is 19.5. The number of hydrogen-bond donors (Lipinski definition) is 2. The number of halogens is 1. The minimum atomic E-state index is -0.683. The molecule has 2 fully saturated rings. The highest BCUT2D eigenvalue weighted by Gasteiger charge is 2.34. The Morgan fingerprint density at radius 2 is 2.00 bits per heavy atom. The highest BCUT2D eigenvalue weighted by atomic mass is 35.5. The number of benzene rings is 1. The van der Waals surface area contributed by atoms with E-state index in [2.05, 4.69) is 15.2 Å². The van der Waals surface area contributed by atoms with Gasteiger partial charge in [-0.2, -0.15) is 4.98 Å². The maximum absolute atomic E-state index is 12.8. The molecule has 4 rings (SSSR count). The quantitative estimate of drug-likeness (QED) is 0.744. The highest BCUT2D eigenvalue weighted by Crippen LogP contribution is 2.33. The molecule has 2 aliphatic rings. The van der Waals surface area contributed by atoms with Gasteiger partial charge in [-0.15, -0.1) is 0 Å². The van der Waals surface area contributed by atoms with Gasteiger partial charge in [0.1, 0.15) is 5.52 Å². The van der Waals surface area contributed by atoms with Crippen molar-refractivity contribution < 1.29 is 14.3 Å². The first-order valence-electron chi connectivity index (χ1n) is 11.0. The number of hydrogen-bond acceptors (Lipinski definition) is 5. The zero-order valence-electron chi connectivity index (χ0n) is 18.1. The van der Waals surface area contributed by atoms with Gasteiger partial charge in [0.25, 0.3) is 6.01 Å². The molecule has 2 heterocycles. The second-order valence-electron chi connectivity index (χ2n) is 9.55. The Labute approximate surface area is 183 Å². The standard InChI is InChI=1S/C23H32ClN3O3/c1-14-11-20-19(13-18(14)24)26-22(30-20)27-9-7-15(8-10-27)21(28)25-17-6-4-5-16(12-17)23(2,3)29/h11,13,15-17,29H,4-10,12H2,1-3H3,(H,25,28)/t16-,17-/m1/s1. The van der Waals surface area contributed by atoms with Crippen LogP contribution < -0.4 is 10.2 Å². The minimum Gasteiger partial charge on any atom is -0.423 e. The maximum atomic E-state index is 12.8. The number of nitrogens with one attached hydrogen (secondary N) is 1. The molecule has 1 aromatic carbocycles. The second kappa shape index (κ2) is 8.39. The van der Waals surface area contributed by atoms with Crippen molar-refractivity contribution in [3.8, 4) is 0 Å². The average molecular weight is 434 g/mol. The van der Waals surface area contributed by atoms with Crippen LogP contribution in [0, 0.1) is 18.8 Å². The van der Waals surface area contributed by atoms with Crippen molar-refractivity contribution in [3.63, 3.8) is 0 Å². The van der Waals surface area contributed by atoms with E-state index in [0.717, 1.165) is 68.3 Å². The normalized spacial score (nSPS) is 23.7. The van der Waals surface area contributed by atoms with E-state index in [4.69, 9.17) is 16.0 Å². The molecule has 2 aromatic rings. The van der Waals surface area contributed by atoms with Gasteiger partial charge in [0.15, 0.2) is 5.58 Å². The third-order valence-corrected chi connectivity index (χ3v) is 7.22. The topological polar surface area (TPSA) is 78.6 Å². The molecule has 30 heavy (non-hydrogen) atoms. The van der Waals surface area contributed by atoms with E-state index in [1.807, 2.05) is 32.9 Å². The molecule has 7 heteroatoms. The van der Waals surface area contributed by atoms with Gasteiger partial charge in [-0.05, 0) is 76.5 Å². The monoisotopic (exact) mass is 433 g/mol. The van der Waals surface area contributed by atoms with E-state index in [0.29, 0.717) is 11.0 Å². The Bertz CT molecular complexity index is 873. The number of aliphatic hydroxyl groups is 1. The van der Waals surface area contributed by atoms with E-state index in [1.165, 1.54) is 0 Å². The molecule has 0 spiro atoms. The van der Waals surface area contributed by atoms with Gasteiger partial charge < -0.3 is 19.7 Å². The first-order valence-corrected chi connectivity index (χ1v) is 11.4. The van der Waals surface area contributed by atoms with E-state index >= 15 is 0 Å². The number of nitrogens with zero attached hydrogens (tertiary/aromatic N) is 2. The first-order chi connectivity index (χ1) is 14.2. The summed E-state index contributed by atoms with van der Waals surface area (Å²) < 4.78 is 5.94. The lowest BCUT2D eigenvalue weighted by atomic mass is 9.76. The van der Waals surface area contributed by atoms with E-state index in [9.17, 15) is 9.90 Å². The Balaban J connectivity index is 1.32. The van der Waals surface area contributed by atoms with Crippen molar-refractivity contribution in [1.29, 1.82) is 0 Å². The fourth-order valence-corrected chi connectivity index (χ4v) is 4.95. The summed E-state index contributed by atoms with van der Waals surface area (Å²) in [6.45, 7) is 7.19. The molecular formula is C23H32ClN3O3. The van der Waals surface area contributed by atoms with E-state index < -0.39 is 5.60 Å². The molecule has 1 saturated carbocycles. The van der Waals surface area contributed by atoms with Gasteiger partial charge in [0.2, 0.25) is 5.91 Å². The lowest BCUT2D eigenvalue weighted by molar-refractivity contribution is -0.127. The zero-order chi connectivity index (χ0) is 21.5. The molecule has 1 saturated heterocycles. The number of fused-ring (bicyclic) bond motifs is 1. The fraction of sp³-hybridized carbons (Fsp3) is 0.652. The van der Waals surface area contributed by atoms with Gasteiger partial charge in [-0.3, -0.25) is 4.79 Å². The molecule has 0 bridgehead atoms. The highest BCUT2D eigenvalue weighted by molar-refractivity contribution is 6.32. The number of anilines is 1. The van der Waals surface area contributed by atoms with Gasteiger partial charge in [0.05, 0.1) is 5.60 Å². The van der Waals surface area contributed by atoms with Crippen LogP contribution in [0.2, 0.25) is 5.02 Å². The Morgan fingerprint density at radius 3 is 2.70 bits per heavy atom. The Morgan fingerprint density at radius 1 is 1.27 bits per heavy atom. The molecule has 1 aromatic heterocycles. The first kappa shape index (κ1) is 21.4. The summed E-state index contributed by atoms with van der Waals surface area (Å²) in [6, 6.07) is 4.53. The van der Waals surface area contributed by atoms with Crippen molar-refractivity contribution in [3.05, 3.63) is 22.7 Å². The lowest BCUT2D eigenvalue weighted by Gasteiger charge is -2.37. The molecule has 1 aliphatic carbocycles. The van der Waals surface area contributed by atoms with Crippen LogP contribution in [0.25, 0.3) is 11.1 Å². The minimum absolute atomic E-state index is 0.0184. The van der Waals surface area contributed by atoms with Crippen molar-refractivity contribution >= 4 is 34.6 Å². The van der Waals surface area contributed by atoms with Crippen LogP contribution in [0.15, 0.2) is 16.5 Å². The molecule has 0 radical (unpaired) electrons. The van der Waals surface area contributed by atoms with Crippen LogP contribution in [0.4, 0.5) is 6.01 Å². The average Bonchev–Trinajstić information content (AvgIpc) is 3.10. The number of rotatable bonds is 4. The second-order valence-corrected chi connectivity index (χ2v) is 9.96. The Hall–Kier alpha value is -1.79. The number of oxazole rings is 1.